The maximum Gasteiger partial charge on any atom is 0.317 e. The molecular formula is C23H28FN3O2. The van der Waals surface area contributed by atoms with Gasteiger partial charge < -0.3 is 15.1 Å². The van der Waals surface area contributed by atoms with Crippen LogP contribution in [0.15, 0.2) is 48.5 Å². The van der Waals surface area contributed by atoms with Gasteiger partial charge in [0.2, 0.25) is 5.91 Å². The van der Waals surface area contributed by atoms with E-state index < -0.39 is 0 Å². The molecule has 3 amide bonds. The number of hydrogen-bond donors (Lipinski definition) is 1. The molecule has 1 saturated heterocycles. The minimum Gasteiger partial charge on any atom is -0.339 e. The Labute approximate surface area is 171 Å². The van der Waals surface area contributed by atoms with Crippen molar-refractivity contribution >= 4 is 11.9 Å². The van der Waals surface area contributed by atoms with E-state index >= 15 is 0 Å². The van der Waals surface area contributed by atoms with E-state index in [-0.39, 0.29) is 23.8 Å². The van der Waals surface area contributed by atoms with Crippen molar-refractivity contribution in [2.24, 2.45) is 0 Å². The van der Waals surface area contributed by atoms with Gasteiger partial charge in [-0.05, 0) is 37.5 Å². The second kappa shape index (κ2) is 9.54. The lowest BCUT2D eigenvalue weighted by Gasteiger charge is -2.35. The molecule has 0 bridgehead atoms. The zero-order valence-electron chi connectivity index (χ0n) is 17.0. The average Bonchev–Trinajstić information content (AvgIpc) is 2.71. The number of amides is 3. The zero-order chi connectivity index (χ0) is 20.8. The largest absolute Gasteiger partial charge is 0.339 e. The number of aryl methyl sites for hydroxylation is 1. The van der Waals surface area contributed by atoms with Crippen LogP contribution in [0.2, 0.25) is 0 Å². The van der Waals surface area contributed by atoms with Crippen LogP contribution in [-0.4, -0.2) is 54.0 Å². The van der Waals surface area contributed by atoms with Crippen molar-refractivity contribution in [2.75, 3.05) is 26.2 Å². The maximum atomic E-state index is 13.8. The van der Waals surface area contributed by atoms with E-state index in [0.29, 0.717) is 44.6 Å². The Morgan fingerprint density at radius 3 is 2.28 bits per heavy atom. The Morgan fingerprint density at radius 2 is 1.62 bits per heavy atom. The molecule has 2 aromatic rings. The van der Waals surface area contributed by atoms with Gasteiger partial charge in [-0.3, -0.25) is 4.79 Å². The smallest absolute Gasteiger partial charge is 0.317 e. The SMILES string of the molecule is Cc1ccc(CC(=O)N2CCN(C(=O)NC(C)Cc3ccccc3F)CC2)cc1. The lowest BCUT2D eigenvalue weighted by Crippen LogP contribution is -2.54. The number of benzene rings is 2. The monoisotopic (exact) mass is 397 g/mol. The van der Waals surface area contributed by atoms with Crippen molar-refractivity contribution < 1.29 is 14.0 Å². The number of hydrogen-bond acceptors (Lipinski definition) is 2. The molecule has 0 aromatic heterocycles. The fourth-order valence-electron chi connectivity index (χ4n) is 3.50. The highest BCUT2D eigenvalue weighted by Crippen LogP contribution is 2.11. The number of rotatable bonds is 5. The summed E-state index contributed by atoms with van der Waals surface area (Å²) >= 11 is 0. The molecule has 1 aliphatic heterocycles. The molecule has 0 aliphatic carbocycles. The third-order valence-corrected chi connectivity index (χ3v) is 5.25. The van der Waals surface area contributed by atoms with Crippen molar-refractivity contribution in [3.63, 3.8) is 0 Å². The summed E-state index contributed by atoms with van der Waals surface area (Å²) in [6.45, 7) is 5.94. The molecule has 1 unspecified atom stereocenters. The third kappa shape index (κ3) is 5.79. The van der Waals surface area contributed by atoms with E-state index in [1.165, 1.54) is 11.6 Å². The predicted molar refractivity (Wildman–Crippen MR) is 111 cm³/mol. The molecule has 3 rings (SSSR count). The van der Waals surface area contributed by atoms with Gasteiger partial charge in [-0.1, -0.05) is 48.0 Å². The van der Waals surface area contributed by atoms with Crippen molar-refractivity contribution in [1.29, 1.82) is 0 Å². The first-order valence-electron chi connectivity index (χ1n) is 10.0. The third-order valence-electron chi connectivity index (χ3n) is 5.25. The zero-order valence-corrected chi connectivity index (χ0v) is 17.0. The van der Waals surface area contributed by atoms with Gasteiger partial charge in [-0.2, -0.15) is 0 Å². The van der Waals surface area contributed by atoms with Gasteiger partial charge in [-0.25, -0.2) is 9.18 Å². The molecule has 0 saturated carbocycles. The summed E-state index contributed by atoms with van der Waals surface area (Å²) < 4.78 is 13.8. The number of nitrogens with one attached hydrogen (secondary N) is 1. The molecule has 1 atom stereocenters. The van der Waals surface area contributed by atoms with Crippen LogP contribution in [0.3, 0.4) is 0 Å². The molecular weight excluding hydrogens is 369 g/mol. The standard InChI is InChI=1S/C23H28FN3O2/c1-17-7-9-19(10-8-17)16-22(28)26-11-13-27(14-12-26)23(29)25-18(2)15-20-5-3-4-6-21(20)24/h3-10,18H,11-16H2,1-2H3,(H,25,29). The Kier molecular flexibility index (Phi) is 6.86. The molecule has 1 fully saturated rings. The second-order valence-electron chi connectivity index (χ2n) is 7.68. The van der Waals surface area contributed by atoms with Crippen LogP contribution in [0.5, 0.6) is 0 Å². The number of urea groups is 1. The highest BCUT2D eigenvalue weighted by molar-refractivity contribution is 5.79. The lowest BCUT2D eigenvalue weighted by atomic mass is 10.1. The number of nitrogens with zero attached hydrogens (tertiary/aromatic N) is 2. The number of carbonyl (C=O) groups is 2. The van der Waals surface area contributed by atoms with Gasteiger partial charge in [0.1, 0.15) is 5.82 Å². The Morgan fingerprint density at radius 1 is 1.00 bits per heavy atom. The second-order valence-corrected chi connectivity index (χ2v) is 7.68. The fourth-order valence-corrected chi connectivity index (χ4v) is 3.50. The number of piperazine rings is 1. The Bertz CT molecular complexity index is 845. The summed E-state index contributed by atoms with van der Waals surface area (Å²) in [5.41, 5.74) is 2.76. The summed E-state index contributed by atoms with van der Waals surface area (Å²) in [7, 11) is 0. The van der Waals surface area contributed by atoms with Gasteiger partial charge in [-0.15, -0.1) is 0 Å². The van der Waals surface area contributed by atoms with Crippen LogP contribution in [0, 0.1) is 12.7 Å². The highest BCUT2D eigenvalue weighted by Gasteiger charge is 2.25. The predicted octanol–water partition coefficient (Wildman–Crippen LogP) is 3.16. The van der Waals surface area contributed by atoms with Crippen LogP contribution < -0.4 is 5.32 Å². The summed E-state index contributed by atoms with van der Waals surface area (Å²) in [5, 5.41) is 2.93. The molecule has 1 aliphatic rings. The first-order chi connectivity index (χ1) is 13.9. The first-order valence-corrected chi connectivity index (χ1v) is 10.0. The van der Waals surface area contributed by atoms with Crippen molar-refractivity contribution in [3.05, 3.63) is 71.0 Å². The highest BCUT2D eigenvalue weighted by atomic mass is 19.1. The molecule has 5 nitrogen and oxygen atoms in total. The molecule has 6 heteroatoms. The van der Waals surface area contributed by atoms with E-state index in [0.717, 1.165) is 5.56 Å². The van der Waals surface area contributed by atoms with Crippen molar-refractivity contribution in [2.45, 2.75) is 32.7 Å². The molecule has 0 radical (unpaired) electrons. The molecule has 1 N–H and O–H groups in total. The van der Waals surface area contributed by atoms with Crippen LogP contribution in [0.4, 0.5) is 9.18 Å². The number of halogens is 1. The van der Waals surface area contributed by atoms with Crippen LogP contribution in [-0.2, 0) is 17.6 Å². The van der Waals surface area contributed by atoms with Gasteiger partial charge in [0, 0.05) is 32.2 Å². The van der Waals surface area contributed by atoms with Crippen molar-refractivity contribution in [3.8, 4) is 0 Å². The van der Waals surface area contributed by atoms with Crippen LogP contribution >= 0.6 is 0 Å². The summed E-state index contributed by atoms with van der Waals surface area (Å²) in [6.07, 6.45) is 0.819. The molecule has 29 heavy (non-hydrogen) atoms. The van der Waals surface area contributed by atoms with Crippen LogP contribution in [0.1, 0.15) is 23.6 Å². The van der Waals surface area contributed by atoms with Crippen LogP contribution in [0.25, 0.3) is 0 Å². The maximum absolute atomic E-state index is 13.8. The quantitative estimate of drug-likeness (QED) is 0.843. The van der Waals surface area contributed by atoms with E-state index in [4.69, 9.17) is 0 Å². The molecule has 1 heterocycles. The van der Waals surface area contributed by atoms with Gasteiger partial charge in [0.25, 0.3) is 0 Å². The van der Waals surface area contributed by atoms with Gasteiger partial charge >= 0.3 is 6.03 Å². The van der Waals surface area contributed by atoms with Crippen molar-refractivity contribution in [1.82, 2.24) is 15.1 Å². The summed E-state index contributed by atoms with van der Waals surface area (Å²) in [4.78, 5) is 28.5. The molecule has 0 spiro atoms. The van der Waals surface area contributed by atoms with Gasteiger partial charge in [0.15, 0.2) is 0 Å². The first kappa shape index (κ1) is 20.8. The Hall–Kier alpha value is -2.89. The van der Waals surface area contributed by atoms with E-state index in [1.54, 1.807) is 23.1 Å². The normalized spacial score (nSPS) is 15.1. The number of carbonyl (C=O) groups excluding carboxylic acids is 2. The minimum atomic E-state index is -0.255. The fraction of sp³-hybridized carbons (Fsp3) is 0.391. The topological polar surface area (TPSA) is 52.7 Å². The van der Waals surface area contributed by atoms with E-state index in [9.17, 15) is 14.0 Å². The lowest BCUT2D eigenvalue weighted by molar-refractivity contribution is -0.131. The summed E-state index contributed by atoms with van der Waals surface area (Å²) in [5.74, 6) is -0.170. The van der Waals surface area contributed by atoms with E-state index in [1.807, 2.05) is 43.0 Å². The Balaban J connectivity index is 1.44. The minimum absolute atomic E-state index is 0.0850. The molecule has 154 valence electrons. The average molecular weight is 397 g/mol. The van der Waals surface area contributed by atoms with Gasteiger partial charge in [0.05, 0.1) is 6.42 Å². The molecule has 2 aromatic carbocycles. The summed E-state index contributed by atoms with van der Waals surface area (Å²) in [6, 6.07) is 14.2. The van der Waals surface area contributed by atoms with E-state index in [2.05, 4.69) is 5.32 Å².